The summed E-state index contributed by atoms with van der Waals surface area (Å²) in [4.78, 5) is 4.68. The molecule has 2 bridgehead atoms. The summed E-state index contributed by atoms with van der Waals surface area (Å²) in [6, 6.07) is 27.3. The molecule has 0 atom stereocenters. The van der Waals surface area contributed by atoms with Gasteiger partial charge in [0.15, 0.2) is 0 Å². The van der Waals surface area contributed by atoms with Crippen LogP contribution in [-0.4, -0.2) is 4.98 Å². The van der Waals surface area contributed by atoms with Crippen molar-refractivity contribution in [3.8, 4) is 22.4 Å². The number of furan rings is 1. The highest BCUT2D eigenvalue weighted by atomic mass is 16.3. The Kier molecular flexibility index (Phi) is 3.80. The average molecular weight is 417 g/mol. The molecule has 0 amide bonds. The number of nitrogens with zero attached hydrogens (tertiary/aromatic N) is 1. The second kappa shape index (κ2) is 7.06. The van der Waals surface area contributed by atoms with Gasteiger partial charge in [0, 0.05) is 23.9 Å². The largest absolute Gasteiger partial charge is 0.455 e. The fraction of sp³-hybridized carbons (Fsp3) is 0.233. The number of aromatic nitrogens is 1. The predicted molar refractivity (Wildman–Crippen MR) is 131 cm³/mol. The maximum absolute atomic E-state index is 9.05. The molecule has 0 aliphatic heterocycles. The van der Waals surface area contributed by atoms with Crippen molar-refractivity contribution in [2.75, 3.05) is 0 Å². The van der Waals surface area contributed by atoms with Crippen LogP contribution >= 0.6 is 0 Å². The summed E-state index contributed by atoms with van der Waals surface area (Å²) in [5, 5.41) is 2.25. The van der Waals surface area contributed by atoms with E-state index in [1.807, 2.05) is 24.4 Å². The van der Waals surface area contributed by atoms with Crippen LogP contribution in [0.5, 0.6) is 0 Å². The Balaban J connectivity index is 1.26. The van der Waals surface area contributed by atoms with Gasteiger partial charge in [-0.05, 0) is 84.4 Å². The summed E-state index contributed by atoms with van der Waals surface area (Å²) in [5.74, 6) is 1.14. The molecule has 2 heterocycles. The van der Waals surface area contributed by atoms with Gasteiger partial charge in [0.05, 0.1) is 5.69 Å². The zero-order valence-electron chi connectivity index (χ0n) is 18.9. The Labute approximate surface area is 189 Å². The number of para-hydroxylation sites is 2. The van der Waals surface area contributed by atoms with Crippen molar-refractivity contribution >= 4 is 21.9 Å². The molecule has 2 nitrogen and oxygen atoms in total. The van der Waals surface area contributed by atoms with Gasteiger partial charge in [0.1, 0.15) is 11.2 Å². The summed E-state index contributed by atoms with van der Waals surface area (Å²) in [6.07, 6.45) is 6.60. The molecule has 3 fully saturated rings. The van der Waals surface area contributed by atoms with Gasteiger partial charge >= 0.3 is 0 Å². The number of hydrogen-bond donors (Lipinski definition) is 0. The van der Waals surface area contributed by atoms with E-state index >= 15 is 0 Å². The van der Waals surface area contributed by atoms with E-state index in [-0.39, 0.29) is 0 Å². The molecule has 32 heavy (non-hydrogen) atoms. The van der Waals surface area contributed by atoms with Crippen molar-refractivity contribution in [3.63, 3.8) is 0 Å². The SMILES string of the molecule is [2H]C1(c2ccc(-c3ccnc(-c4cccc5c4oc4ccccc45)c3)cc2)CC2CC(C2)C1. The molecule has 0 unspecified atom stereocenters. The van der Waals surface area contributed by atoms with Gasteiger partial charge in [-0.1, -0.05) is 54.6 Å². The Morgan fingerprint density at radius 1 is 0.750 bits per heavy atom. The molecule has 2 heteroatoms. The molecule has 0 radical (unpaired) electrons. The Morgan fingerprint density at radius 2 is 1.53 bits per heavy atom. The highest BCUT2D eigenvalue weighted by Gasteiger charge is 2.38. The lowest BCUT2D eigenvalue weighted by atomic mass is 9.60. The Hall–Kier alpha value is -3.39. The van der Waals surface area contributed by atoms with E-state index in [1.54, 1.807) is 0 Å². The maximum atomic E-state index is 9.05. The Bertz CT molecular complexity index is 1480. The maximum Gasteiger partial charge on any atom is 0.144 e. The van der Waals surface area contributed by atoms with Crippen molar-refractivity contribution in [3.05, 3.63) is 90.6 Å². The molecule has 0 N–H and O–H groups in total. The molecule has 156 valence electrons. The van der Waals surface area contributed by atoms with Crippen molar-refractivity contribution < 1.29 is 5.79 Å². The molecular formula is C30H25NO. The van der Waals surface area contributed by atoms with Crippen LogP contribution < -0.4 is 0 Å². The third-order valence-electron chi connectivity index (χ3n) is 7.47. The van der Waals surface area contributed by atoms with Crippen molar-refractivity contribution in [1.29, 1.82) is 0 Å². The molecule has 3 aliphatic carbocycles. The zero-order valence-corrected chi connectivity index (χ0v) is 17.9. The van der Waals surface area contributed by atoms with Gasteiger partial charge in [-0.15, -0.1) is 0 Å². The minimum Gasteiger partial charge on any atom is -0.455 e. The van der Waals surface area contributed by atoms with Crippen LogP contribution in [0.3, 0.4) is 0 Å². The second-order valence-corrected chi connectivity index (χ2v) is 9.50. The molecule has 3 saturated carbocycles. The number of fused-ring (bicyclic) bond motifs is 5. The number of pyridine rings is 1. The van der Waals surface area contributed by atoms with Gasteiger partial charge < -0.3 is 4.42 Å². The van der Waals surface area contributed by atoms with E-state index in [4.69, 9.17) is 5.79 Å². The standard InChI is InChI=1S/C30H25NO/c1-2-7-29-25(4-1)26-5-3-6-27(30(26)32-29)28-18-23(12-13-31-28)21-8-10-22(11-9-21)24-16-19-14-20(15-19)17-24/h1-13,18-20,24H,14-17H2/i24D. The van der Waals surface area contributed by atoms with Crippen LogP contribution in [0.4, 0.5) is 0 Å². The minimum atomic E-state index is -0.398. The molecule has 3 aliphatic rings. The number of benzene rings is 3. The molecular weight excluding hydrogens is 390 g/mol. The van der Waals surface area contributed by atoms with Crippen LogP contribution in [0.1, 0.15) is 38.5 Å². The number of rotatable bonds is 3. The summed E-state index contributed by atoms with van der Waals surface area (Å²) in [6.45, 7) is 0. The van der Waals surface area contributed by atoms with Gasteiger partial charge in [-0.25, -0.2) is 0 Å². The van der Waals surface area contributed by atoms with Crippen LogP contribution in [0.15, 0.2) is 89.5 Å². The van der Waals surface area contributed by atoms with Crippen LogP contribution in [0, 0.1) is 11.8 Å². The van der Waals surface area contributed by atoms with E-state index in [0.717, 1.165) is 69.0 Å². The molecule has 8 rings (SSSR count). The quantitative estimate of drug-likeness (QED) is 0.296. The van der Waals surface area contributed by atoms with Crippen molar-refractivity contribution in [1.82, 2.24) is 4.98 Å². The first-order valence-electron chi connectivity index (χ1n) is 12.1. The van der Waals surface area contributed by atoms with E-state index in [0.29, 0.717) is 0 Å². The highest BCUT2D eigenvalue weighted by Crippen LogP contribution is 2.51. The van der Waals surface area contributed by atoms with E-state index in [1.165, 1.54) is 18.4 Å². The summed E-state index contributed by atoms with van der Waals surface area (Å²) < 4.78 is 15.3. The molecule has 0 saturated heterocycles. The zero-order chi connectivity index (χ0) is 22.0. The number of hydrogen-bond acceptors (Lipinski definition) is 2. The molecule has 2 aromatic heterocycles. The van der Waals surface area contributed by atoms with E-state index in [9.17, 15) is 0 Å². The lowest BCUT2D eigenvalue weighted by molar-refractivity contribution is 0.0966. The first-order chi connectivity index (χ1) is 16.2. The van der Waals surface area contributed by atoms with Gasteiger partial charge in [-0.2, -0.15) is 0 Å². The Morgan fingerprint density at radius 3 is 2.38 bits per heavy atom. The molecule has 3 aromatic carbocycles. The van der Waals surface area contributed by atoms with Crippen molar-refractivity contribution in [2.24, 2.45) is 11.8 Å². The lowest BCUT2D eigenvalue weighted by Crippen LogP contribution is -2.32. The predicted octanol–water partition coefficient (Wildman–Crippen LogP) is 8.22. The second-order valence-electron chi connectivity index (χ2n) is 9.50. The van der Waals surface area contributed by atoms with Crippen LogP contribution in [-0.2, 0) is 0 Å². The minimum absolute atomic E-state index is 0.398. The first-order valence-corrected chi connectivity index (χ1v) is 11.6. The fourth-order valence-corrected chi connectivity index (χ4v) is 5.83. The van der Waals surface area contributed by atoms with Gasteiger partial charge in [-0.3, -0.25) is 4.98 Å². The normalized spacial score (nSPS) is 24.9. The molecule has 5 aromatic rings. The third-order valence-corrected chi connectivity index (χ3v) is 7.47. The van der Waals surface area contributed by atoms with Gasteiger partial charge in [0.2, 0.25) is 0 Å². The van der Waals surface area contributed by atoms with Gasteiger partial charge in [0.25, 0.3) is 0 Å². The summed E-state index contributed by atoms with van der Waals surface area (Å²) >= 11 is 0. The van der Waals surface area contributed by atoms with E-state index < -0.39 is 5.89 Å². The van der Waals surface area contributed by atoms with Crippen molar-refractivity contribution in [2.45, 2.75) is 31.6 Å². The topological polar surface area (TPSA) is 26.0 Å². The smallest absolute Gasteiger partial charge is 0.144 e. The van der Waals surface area contributed by atoms with Crippen LogP contribution in [0.2, 0.25) is 0 Å². The summed E-state index contributed by atoms with van der Waals surface area (Å²) in [7, 11) is 0. The first kappa shape index (κ1) is 17.2. The lowest BCUT2D eigenvalue weighted by Gasteiger charge is -2.45. The van der Waals surface area contributed by atoms with Crippen LogP contribution in [0.25, 0.3) is 44.3 Å². The van der Waals surface area contributed by atoms with E-state index in [2.05, 4.69) is 65.6 Å². The summed E-state index contributed by atoms with van der Waals surface area (Å²) in [5.41, 5.74) is 7.15. The average Bonchev–Trinajstić information content (AvgIpc) is 3.22. The fourth-order valence-electron chi connectivity index (χ4n) is 5.83. The molecule has 0 spiro atoms. The monoisotopic (exact) mass is 416 g/mol. The highest BCUT2D eigenvalue weighted by molar-refractivity contribution is 6.09. The third kappa shape index (κ3) is 2.90.